The number of likely N-dealkylation sites (tertiary alicyclic amines) is 1. The molecule has 296 valence electrons. The molecule has 5 aliphatic rings. The smallest absolute Gasteiger partial charge is 0.289 e. The zero-order valence-corrected chi connectivity index (χ0v) is 34.1. The van der Waals surface area contributed by atoms with E-state index in [4.69, 9.17) is 0 Å². The van der Waals surface area contributed by atoms with Crippen molar-refractivity contribution in [2.75, 3.05) is 18.1 Å². The number of rotatable bonds is 13. The van der Waals surface area contributed by atoms with E-state index in [-0.39, 0.29) is 41.3 Å². The molecule has 2 aliphatic heterocycles. The first kappa shape index (κ1) is 40.5. The third kappa shape index (κ3) is 7.90. The third-order valence-electron chi connectivity index (χ3n) is 12.3. The number of Topliss-reactive ketones (excluding diaryl/α,β-unsaturated/α-hetero) is 1. The van der Waals surface area contributed by atoms with Gasteiger partial charge in [0.15, 0.2) is 0 Å². The van der Waals surface area contributed by atoms with Gasteiger partial charge in [-0.3, -0.25) is 33.8 Å². The molecule has 0 bridgehead atoms. The summed E-state index contributed by atoms with van der Waals surface area (Å²) in [7, 11) is 0. The number of piperidine rings is 1. The molecule has 1 spiro atoms. The molecule has 1 aromatic heterocycles. The number of thioether (sulfide) groups is 2. The lowest BCUT2D eigenvalue weighted by Crippen LogP contribution is -2.64. The lowest BCUT2D eigenvalue weighted by Gasteiger charge is -2.41. The Bertz CT molecular complexity index is 1610. The van der Waals surface area contributed by atoms with Crippen molar-refractivity contribution < 1.29 is 28.8 Å². The molecule has 1 unspecified atom stereocenters. The summed E-state index contributed by atoms with van der Waals surface area (Å²) in [5.74, 6) is -2.17. The Kier molecular flexibility index (Phi) is 12.1. The second-order valence-electron chi connectivity index (χ2n) is 17.1. The van der Waals surface area contributed by atoms with Crippen molar-refractivity contribution in [1.29, 1.82) is 0 Å². The molecule has 13 nitrogen and oxygen atoms in total. The van der Waals surface area contributed by atoms with Crippen LogP contribution in [-0.2, 0) is 24.0 Å². The maximum absolute atomic E-state index is 15.2. The first-order chi connectivity index (χ1) is 25.7. The average Bonchev–Trinajstić information content (AvgIpc) is 4.07. The van der Waals surface area contributed by atoms with Crippen molar-refractivity contribution in [2.45, 2.75) is 133 Å². The molecule has 5 fully saturated rings. The molecule has 3 heterocycles. The monoisotopic (exact) mass is 783 g/mol. The fourth-order valence-corrected chi connectivity index (χ4v) is 12.7. The number of ketones is 1. The van der Waals surface area contributed by atoms with Crippen molar-refractivity contribution in [3.05, 3.63) is 24.3 Å². The van der Waals surface area contributed by atoms with Crippen LogP contribution in [-0.4, -0.2) is 102 Å². The lowest BCUT2D eigenvalue weighted by atomic mass is 9.82. The normalized spacial score (nSPS) is 27.1. The fraction of sp³-hybridized carbons (Fsp3) is 0.744. The number of hydrogen-bond acceptors (Lipinski definition) is 10. The van der Waals surface area contributed by atoms with Crippen LogP contribution >= 0.6 is 23.5 Å². The van der Waals surface area contributed by atoms with Gasteiger partial charge in [-0.05, 0) is 66.8 Å². The van der Waals surface area contributed by atoms with Crippen LogP contribution < -0.4 is 21.3 Å². The van der Waals surface area contributed by atoms with E-state index >= 15 is 4.79 Å². The van der Waals surface area contributed by atoms with Gasteiger partial charge in [-0.15, -0.1) is 23.5 Å². The molecule has 5 amide bonds. The fourth-order valence-electron chi connectivity index (χ4n) is 8.83. The second kappa shape index (κ2) is 16.1. The van der Waals surface area contributed by atoms with E-state index < -0.39 is 62.6 Å². The Hall–Kier alpha value is -3.20. The van der Waals surface area contributed by atoms with E-state index in [1.54, 1.807) is 28.4 Å². The second-order valence-corrected chi connectivity index (χ2v) is 20.2. The van der Waals surface area contributed by atoms with Gasteiger partial charge in [0.25, 0.3) is 11.8 Å². The van der Waals surface area contributed by atoms with Gasteiger partial charge in [0, 0.05) is 30.9 Å². The van der Waals surface area contributed by atoms with Gasteiger partial charge in [0.05, 0.1) is 16.3 Å². The molecule has 6 rings (SSSR count). The molecule has 15 heteroatoms. The van der Waals surface area contributed by atoms with Crippen LogP contribution in [0.1, 0.15) is 110 Å². The van der Waals surface area contributed by atoms with E-state index in [1.807, 2.05) is 41.5 Å². The number of fused-ring (bicyclic) bond motifs is 2. The Morgan fingerprint density at radius 3 is 2.22 bits per heavy atom. The molecule has 0 aromatic carbocycles. The van der Waals surface area contributed by atoms with Gasteiger partial charge in [-0.2, -0.15) is 0 Å². The zero-order valence-electron chi connectivity index (χ0n) is 32.4. The predicted molar refractivity (Wildman–Crippen MR) is 208 cm³/mol. The molecule has 0 radical (unpaired) electrons. The molecule has 54 heavy (non-hydrogen) atoms. The Morgan fingerprint density at radius 2 is 1.63 bits per heavy atom. The number of carbonyl (C=O) groups excluding carboxylic acids is 6. The quantitative estimate of drug-likeness (QED) is 0.217. The average molecular weight is 784 g/mol. The minimum absolute atomic E-state index is 0.00750. The van der Waals surface area contributed by atoms with Gasteiger partial charge in [0.2, 0.25) is 23.5 Å². The van der Waals surface area contributed by atoms with Crippen LogP contribution in [0.4, 0.5) is 0 Å². The molecular weight excluding hydrogens is 727 g/mol. The number of carbonyl (C=O) groups is 6. The summed E-state index contributed by atoms with van der Waals surface area (Å²) in [4.78, 5) is 94.2. The highest BCUT2D eigenvalue weighted by Gasteiger charge is 2.83. The summed E-state index contributed by atoms with van der Waals surface area (Å²) in [6, 6.07) is -2.99. The van der Waals surface area contributed by atoms with Crippen molar-refractivity contribution in [3.63, 3.8) is 0 Å². The van der Waals surface area contributed by atoms with Gasteiger partial charge in [-0.1, -0.05) is 67.2 Å². The van der Waals surface area contributed by atoms with Gasteiger partial charge in [-0.25, -0.2) is 4.98 Å². The highest BCUT2D eigenvalue weighted by atomic mass is 32.2. The maximum Gasteiger partial charge on any atom is 0.289 e. The van der Waals surface area contributed by atoms with E-state index in [2.05, 4.69) is 31.2 Å². The van der Waals surface area contributed by atoms with E-state index in [9.17, 15) is 24.0 Å². The molecule has 1 aromatic rings. The first-order valence-corrected chi connectivity index (χ1v) is 21.7. The van der Waals surface area contributed by atoms with Crippen LogP contribution in [0.25, 0.3) is 0 Å². The van der Waals surface area contributed by atoms with Crippen LogP contribution in [0.5, 0.6) is 0 Å². The predicted octanol–water partition coefficient (Wildman–Crippen LogP) is 3.48. The molecule has 4 N–H and O–H groups in total. The van der Waals surface area contributed by atoms with Crippen molar-refractivity contribution in [1.82, 2.24) is 36.1 Å². The molecule has 3 aliphatic carbocycles. The molecule has 7 atom stereocenters. The topological polar surface area (TPSA) is 180 Å². The van der Waals surface area contributed by atoms with Gasteiger partial charge in [0.1, 0.15) is 23.3 Å². The summed E-state index contributed by atoms with van der Waals surface area (Å²) < 4.78 is -0.425. The molecule has 2 saturated heterocycles. The van der Waals surface area contributed by atoms with Crippen molar-refractivity contribution >= 4 is 58.8 Å². The zero-order chi connectivity index (χ0) is 39.0. The summed E-state index contributed by atoms with van der Waals surface area (Å²) in [5.41, 5.74) is -1.94. The number of nitrogens with one attached hydrogen (secondary N) is 4. The van der Waals surface area contributed by atoms with Crippen LogP contribution in [0.2, 0.25) is 0 Å². The molecule has 3 saturated carbocycles. The Balaban J connectivity index is 1.30. The minimum atomic E-state index is -1.26. The Morgan fingerprint density at radius 1 is 0.944 bits per heavy atom. The van der Waals surface area contributed by atoms with E-state index in [0.717, 1.165) is 62.9 Å². The van der Waals surface area contributed by atoms with E-state index in [1.165, 1.54) is 18.6 Å². The van der Waals surface area contributed by atoms with Crippen LogP contribution in [0.15, 0.2) is 18.6 Å². The standard InChI is InChI=1S/C39H57N7O6S2/c1-7-22(2)27(29(47)34(50)42-25-14-15-25)44-36(52)39-23(3)30(39)38(53-18-11-19-54-38)21-46(39)35(51)31(37(4,5)6)45-33(49)28(24-12-9-8-10-13-24)43-32(48)26-20-40-16-17-41-26/h16-17,20,22-25,27-28,30-31H,7-15,18-19,21H2,1-6H3,(H,42,50)(H,43,48)(H,44,52)(H,45,49)/t22-,23-,27+,28-,30?,31+,39-/m0/s1. The first-order valence-electron chi connectivity index (χ1n) is 19.8. The SMILES string of the molecule is CC[C@H](C)[C@@H](NC(=O)[C@@]12C([C@@H]1C)C1(CN2C(=O)[C@@H](NC(=O)[C@@H](NC(=O)c2cnccn2)C2CCCCC2)C(C)(C)C)SCCCS1)C(=O)C(=O)NC1CC1. The maximum atomic E-state index is 15.2. The Labute approximate surface area is 327 Å². The number of amides is 5. The van der Waals surface area contributed by atoms with Gasteiger partial charge >= 0.3 is 0 Å². The van der Waals surface area contributed by atoms with Crippen LogP contribution in [0, 0.1) is 29.1 Å². The number of hydrogen-bond donors (Lipinski definition) is 4. The van der Waals surface area contributed by atoms with Crippen molar-refractivity contribution in [3.8, 4) is 0 Å². The van der Waals surface area contributed by atoms with Gasteiger partial charge < -0.3 is 26.2 Å². The number of aromatic nitrogens is 2. The highest BCUT2D eigenvalue weighted by molar-refractivity contribution is 8.18. The third-order valence-corrected chi connectivity index (χ3v) is 15.7. The molecular formula is C39H57N7O6S2. The number of nitrogens with zero attached hydrogens (tertiary/aromatic N) is 3. The van der Waals surface area contributed by atoms with Crippen LogP contribution in [0.3, 0.4) is 0 Å². The van der Waals surface area contributed by atoms with E-state index in [0.29, 0.717) is 13.0 Å². The minimum Gasteiger partial charge on any atom is -0.347 e. The van der Waals surface area contributed by atoms with Crippen molar-refractivity contribution in [2.24, 2.45) is 29.1 Å². The summed E-state index contributed by atoms with van der Waals surface area (Å²) in [6.45, 7) is 11.7. The largest absolute Gasteiger partial charge is 0.347 e. The lowest BCUT2D eigenvalue weighted by molar-refractivity contribution is -0.148. The summed E-state index contributed by atoms with van der Waals surface area (Å²) >= 11 is 3.58. The summed E-state index contributed by atoms with van der Waals surface area (Å²) in [5, 5.41) is 11.8. The summed E-state index contributed by atoms with van der Waals surface area (Å²) in [6.07, 6.45) is 11.9. The highest BCUT2D eigenvalue weighted by Crippen LogP contribution is 2.72.